The number of ether oxygens (including phenoxy) is 2. The number of nitrogens with zero attached hydrogens (tertiary/aromatic N) is 3. The Bertz CT molecular complexity index is 1030. The standard InChI is InChI=1S/C28H39N3O6/c1-6-16-30(20-12-10-19(11-13-20)29(7-2)8-3)26(34)24-28-15-14-21(37-28)22(27(35)36-9-4)23(28)25(33)31(24)18(5)17-32/h6,10-13,18,21-24,32H,1,7-9,14-17H2,2-5H3/t18-,21+,22-,23-,24+,28-/m1/s1. The number of rotatable bonds is 11. The van der Waals surface area contributed by atoms with E-state index in [9.17, 15) is 19.5 Å². The molecule has 1 aromatic rings. The fourth-order valence-electron chi connectivity index (χ4n) is 6.47. The molecular weight excluding hydrogens is 474 g/mol. The number of fused-ring (bicyclic) bond motifs is 1. The van der Waals surface area contributed by atoms with Gasteiger partial charge in [-0.05, 0) is 64.8 Å². The maximum Gasteiger partial charge on any atom is 0.312 e. The molecule has 6 atom stereocenters. The lowest BCUT2D eigenvalue weighted by atomic mass is 9.70. The number of aliphatic hydroxyl groups is 1. The van der Waals surface area contributed by atoms with Gasteiger partial charge < -0.3 is 29.3 Å². The number of hydrogen-bond acceptors (Lipinski definition) is 7. The Morgan fingerprint density at radius 2 is 1.89 bits per heavy atom. The van der Waals surface area contributed by atoms with Gasteiger partial charge in [0.2, 0.25) is 5.91 Å². The lowest BCUT2D eigenvalue weighted by molar-refractivity contribution is -0.155. The van der Waals surface area contributed by atoms with E-state index in [0.29, 0.717) is 18.5 Å². The number of hydrogen-bond donors (Lipinski definition) is 1. The SMILES string of the molecule is C=CCN(C(=O)[C@@H]1N([C@H](C)CO)C(=O)[C@H]2[C@H](C(=O)OCC)[C@@H]3CC[C@]12O3)c1ccc(N(CC)CC)cc1. The predicted molar refractivity (Wildman–Crippen MR) is 140 cm³/mol. The normalized spacial score (nSPS) is 28.7. The largest absolute Gasteiger partial charge is 0.466 e. The van der Waals surface area contributed by atoms with E-state index in [1.165, 1.54) is 4.90 Å². The van der Waals surface area contributed by atoms with Crippen LogP contribution in [-0.4, -0.2) is 84.4 Å². The van der Waals surface area contributed by atoms with E-state index in [1.807, 2.05) is 24.3 Å². The molecule has 1 spiro atoms. The summed E-state index contributed by atoms with van der Waals surface area (Å²) in [5.41, 5.74) is 0.597. The van der Waals surface area contributed by atoms with Gasteiger partial charge in [-0.2, -0.15) is 0 Å². The molecule has 0 saturated carbocycles. The van der Waals surface area contributed by atoms with Crippen molar-refractivity contribution in [1.82, 2.24) is 4.90 Å². The first kappa shape index (κ1) is 27.1. The molecule has 9 heteroatoms. The minimum absolute atomic E-state index is 0.200. The van der Waals surface area contributed by atoms with Gasteiger partial charge in [-0.25, -0.2) is 0 Å². The summed E-state index contributed by atoms with van der Waals surface area (Å²) in [5.74, 6) is -2.68. The Balaban J connectivity index is 1.74. The van der Waals surface area contributed by atoms with Crippen molar-refractivity contribution in [2.75, 3.05) is 42.6 Å². The molecule has 3 fully saturated rings. The van der Waals surface area contributed by atoms with Gasteiger partial charge in [-0.15, -0.1) is 6.58 Å². The van der Waals surface area contributed by atoms with Crippen LogP contribution in [0.25, 0.3) is 0 Å². The molecule has 1 N–H and O–H groups in total. The maximum atomic E-state index is 14.4. The van der Waals surface area contributed by atoms with Gasteiger partial charge in [0, 0.05) is 31.0 Å². The summed E-state index contributed by atoms with van der Waals surface area (Å²) >= 11 is 0. The first-order valence-electron chi connectivity index (χ1n) is 13.3. The molecule has 202 valence electrons. The van der Waals surface area contributed by atoms with E-state index in [-0.39, 0.29) is 31.6 Å². The van der Waals surface area contributed by atoms with Gasteiger partial charge in [0.1, 0.15) is 11.6 Å². The molecule has 3 aliphatic heterocycles. The third-order valence-corrected chi connectivity index (χ3v) is 8.14. The molecule has 1 aromatic carbocycles. The molecule has 3 aliphatic rings. The lowest BCUT2D eigenvalue weighted by Crippen LogP contribution is -2.58. The molecule has 4 rings (SSSR count). The first-order chi connectivity index (χ1) is 17.8. The summed E-state index contributed by atoms with van der Waals surface area (Å²) in [6.45, 7) is 13.3. The number of carbonyl (C=O) groups is 3. The van der Waals surface area contributed by atoms with E-state index >= 15 is 0 Å². The topological polar surface area (TPSA) is 99.6 Å². The number of anilines is 2. The highest BCUT2D eigenvalue weighted by molar-refractivity contribution is 6.04. The zero-order valence-electron chi connectivity index (χ0n) is 22.3. The second-order valence-corrected chi connectivity index (χ2v) is 10.0. The molecule has 3 saturated heterocycles. The second kappa shape index (κ2) is 10.8. The van der Waals surface area contributed by atoms with Gasteiger partial charge in [0.25, 0.3) is 5.91 Å². The van der Waals surface area contributed by atoms with Crippen molar-refractivity contribution < 1.29 is 29.0 Å². The third kappa shape index (κ3) is 4.32. The monoisotopic (exact) mass is 513 g/mol. The quantitative estimate of drug-likeness (QED) is 0.358. The molecule has 2 bridgehead atoms. The molecule has 0 aromatic heterocycles. The van der Waals surface area contributed by atoms with Crippen LogP contribution in [0.15, 0.2) is 36.9 Å². The van der Waals surface area contributed by atoms with Gasteiger partial charge in [-0.1, -0.05) is 6.08 Å². The fourth-order valence-corrected chi connectivity index (χ4v) is 6.47. The average Bonchev–Trinajstić information content (AvgIpc) is 3.55. The Kier molecular flexibility index (Phi) is 7.94. The number of amides is 2. The van der Waals surface area contributed by atoms with Crippen molar-refractivity contribution >= 4 is 29.2 Å². The molecule has 3 heterocycles. The molecule has 37 heavy (non-hydrogen) atoms. The summed E-state index contributed by atoms with van der Waals surface area (Å²) in [5, 5.41) is 10.0. The number of esters is 1. The molecular formula is C28H39N3O6. The van der Waals surface area contributed by atoms with Crippen LogP contribution in [0.2, 0.25) is 0 Å². The zero-order chi connectivity index (χ0) is 26.9. The van der Waals surface area contributed by atoms with Crippen LogP contribution in [-0.2, 0) is 23.9 Å². The highest BCUT2D eigenvalue weighted by Crippen LogP contribution is 2.59. The Morgan fingerprint density at radius 3 is 2.46 bits per heavy atom. The van der Waals surface area contributed by atoms with Crippen molar-refractivity contribution in [1.29, 1.82) is 0 Å². The highest BCUT2D eigenvalue weighted by atomic mass is 16.6. The van der Waals surface area contributed by atoms with Crippen LogP contribution < -0.4 is 9.80 Å². The van der Waals surface area contributed by atoms with Crippen molar-refractivity contribution in [3.63, 3.8) is 0 Å². The smallest absolute Gasteiger partial charge is 0.312 e. The average molecular weight is 514 g/mol. The van der Waals surface area contributed by atoms with Crippen LogP contribution in [0.3, 0.4) is 0 Å². The summed E-state index contributed by atoms with van der Waals surface area (Å²) in [6.07, 6.45) is 2.24. The van der Waals surface area contributed by atoms with E-state index in [0.717, 1.165) is 18.8 Å². The molecule has 0 unspecified atom stereocenters. The van der Waals surface area contributed by atoms with E-state index in [1.54, 1.807) is 24.8 Å². The number of carbonyl (C=O) groups excluding carboxylic acids is 3. The minimum Gasteiger partial charge on any atom is -0.466 e. The lowest BCUT2D eigenvalue weighted by Gasteiger charge is -2.38. The Labute approximate surface area is 219 Å². The van der Waals surface area contributed by atoms with Crippen molar-refractivity contribution in [2.24, 2.45) is 11.8 Å². The van der Waals surface area contributed by atoms with Crippen molar-refractivity contribution in [2.45, 2.75) is 64.3 Å². The number of benzene rings is 1. The van der Waals surface area contributed by atoms with Crippen molar-refractivity contribution in [3.05, 3.63) is 36.9 Å². The van der Waals surface area contributed by atoms with Crippen LogP contribution in [0.5, 0.6) is 0 Å². The second-order valence-electron chi connectivity index (χ2n) is 10.0. The highest BCUT2D eigenvalue weighted by Gasteiger charge is 2.75. The van der Waals surface area contributed by atoms with Crippen LogP contribution in [0, 0.1) is 11.8 Å². The van der Waals surface area contributed by atoms with Gasteiger partial charge in [-0.3, -0.25) is 14.4 Å². The Hall–Kier alpha value is -2.91. The summed E-state index contributed by atoms with van der Waals surface area (Å²) in [4.78, 5) is 46.4. The van der Waals surface area contributed by atoms with Gasteiger partial charge in [0.15, 0.2) is 0 Å². The van der Waals surface area contributed by atoms with Crippen LogP contribution in [0.1, 0.15) is 40.5 Å². The molecule has 0 aliphatic carbocycles. The molecule has 2 amide bonds. The minimum atomic E-state index is -1.14. The maximum absolute atomic E-state index is 14.4. The third-order valence-electron chi connectivity index (χ3n) is 8.14. The summed E-state index contributed by atoms with van der Waals surface area (Å²) in [7, 11) is 0. The summed E-state index contributed by atoms with van der Waals surface area (Å²) < 4.78 is 11.7. The predicted octanol–water partition coefficient (Wildman–Crippen LogP) is 2.37. The number of aliphatic hydroxyl groups excluding tert-OH is 1. The fraction of sp³-hybridized carbons (Fsp3) is 0.607. The van der Waals surface area contributed by atoms with E-state index < -0.39 is 41.6 Å². The van der Waals surface area contributed by atoms with Crippen molar-refractivity contribution in [3.8, 4) is 0 Å². The number of likely N-dealkylation sites (tertiary alicyclic amines) is 1. The zero-order valence-corrected chi connectivity index (χ0v) is 22.3. The molecule has 0 radical (unpaired) electrons. The van der Waals surface area contributed by atoms with Crippen LogP contribution >= 0.6 is 0 Å². The first-order valence-corrected chi connectivity index (χ1v) is 13.3. The van der Waals surface area contributed by atoms with E-state index in [2.05, 4.69) is 25.3 Å². The van der Waals surface area contributed by atoms with Crippen LogP contribution in [0.4, 0.5) is 11.4 Å². The summed E-state index contributed by atoms with van der Waals surface area (Å²) in [6, 6.07) is 6.16. The van der Waals surface area contributed by atoms with Gasteiger partial charge in [0.05, 0.1) is 37.2 Å². The molecule has 9 nitrogen and oxygen atoms in total. The van der Waals surface area contributed by atoms with Gasteiger partial charge >= 0.3 is 5.97 Å². The Morgan fingerprint density at radius 1 is 1.24 bits per heavy atom. The van der Waals surface area contributed by atoms with E-state index in [4.69, 9.17) is 9.47 Å².